The Balaban J connectivity index is 1.32. The van der Waals surface area contributed by atoms with Crippen LogP contribution in [0, 0.1) is 5.95 Å². The van der Waals surface area contributed by atoms with Crippen molar-refractivity contribution in [3.63, 3.8) is 0 Å². The molecule has 0 bridgehead atoms. The number of aliphatic hydroxyl groups excluding tert-OH is 1. The minimum Gasteiger partial charge on any atom is -0.387 e. The number of aliphatic hydroxyl groups is 1. The number of nitrogens with zero attached hydrogens (tertiary/aromatic N) is 3. The summed E-state index contributed by atoms with van der Waals surface area (Å²) < 4.78 is 13.8. The molecule has 1 aliphatic rings. The van der Waals surface area contributed by atoms with E-state index < -0.39 is 12.1 Å². The third-order valence-corrected chi connectivity index (χ3v) is 6.25. The molecule has 1 saturated heterocycles. The van der Waals surface area contributed by atoms with E-state index in [1.54, 1.807) is 49.6 Å². The van der Waals surface area contributed by atoms with Gasteiger partial charge < -0.3 is 15.3 Å². The van der Waals surface area contributed by atoms with Crippen LogP contribution in [0.3, 0.4) is 0 Å². The van der Waals surface area contributed by atoms with Crippen LogP contribution in [0.2, 0.25) is 5.15 Å². The summed E-state index contributed by atoms with van der Waals surface area (Å²) in [6.07, 6.45) is 4.96. The molecule has 8 heteroatoms. The van der Waals surface area contributed by atoms with Crippen LogP contribution >= 0.6 is 11.6 Å². The summed E-state index contributed by atoms with van der Waals surface area (Å²) in [6.45, 7) is 0.152. The van der Waals surface area contributed by atoms with E-state index >= 15 is 0 Å². The van der Waals surface area contributed by atoms with Gasteiger partial charge in [-0.1, -0.05) is 35.9 Å². The zero-order valence-corrected chi connectivity index (χ0v) is 19.0. The Kier molecular flexibility index (Phi) is 7.33. The standard InChI is InChI=1S/C25H26ClFN4O2/c1-31(15-19-3-2-12-28-24(19)27)25(33)17-6-4-16(5-7-17)13-20-9-10-21(30-20)23(32)18-8-11-22(26)29-14-18/h2-8,11-12,14,20-21,23,30,32H,9-10,13,15H2,1H3/t20-,21+,23+/m0/s1. The maximum atomic E-state index is 13.8. The highest BCUT2D eigenvalue weighted by atomic mass is 35.5. The molecule has 6 nitrogen and oxygen atoms in total. The van der Waals surface area contributed by atoms with E-state index in [2.05, 4.69) is 15.3 Å². The summed E-state index contributed by atoms with van der Waals surface area (Å²) in [5.41, 5.74) is 2.78. The van der Waals surface area contributed by atoms with Crippen LogP contribution in [-0.2, 0) is 13.0 Å². The number of carbonyl (C=O) groups excluding carboxylic acids is 1. The predicted octanol–water partition coefficient (Wildman–Crippen LogP) is 3.94. The van der Waals surface area contributed by atoms with Crippen LogP contribution in [-0.4, -0.2) is 45.0 Å². The van der Waals surface area contributed by atoms with E-state index in [1.807, 2.05) is 12.1 Å². The first kappa shape index (κ1) is 23.3. The molecule has 0 saturated carbocycles. The SMILES string of the molecule is CN(Cc1cccnc1F)C(=O)c1ccc(C[C@@H]2CC[C@H]([C@H](O)c3ccc(Cl)nc3)N2)cc1. The van der Waals surface area contributed by atoms with Crippen molar-refractivity contribution in [2.45, 2.75) is 44.0 Å². The molecule has 3 aromatic rings. The Labute approximate surface area is 197 Å². The Morgan fingerprint density at radius 2 is 2.00 bits per heavy atom. The van der Waals surface area contributed by atoms with Crippen molar-refractivity contribution in [1.82, 2.24) is 20.2 Å². The van der Waals surface area contributed by atoms with Crippen molar-refractivity contribution in [1.29, 1.82) is 0 Å². The second kappa shape index (κ2) is 10.4. The molecule has 4 rings (SSSR count). The van der Waals surface area contributed by atoms with Gasteiger partial charge in [0, 0.05) is 48.2 Å². The minimum atomic E-state index is -0.639. The van der Waals surface area contributed by atoms with Gasteiger partial charge in [-0.3, -0.25) is 4.79 Å². The molecule has 0 aliphatic carbocycles. The quantitative estimate of drug-likeness (QED) is 0.513. The van der Waals surface area contributed by atoms with Gasteiger partial charge in [-0.05, 0) is 49.1 Å². The molecule has 3 heterocycles. The van der Waals surface area contributed by atoms with Gasteiger partial charge in [0.1, 0.15) is 5.15 Å². The Morgan fingerprint density at radius 3 is 2.70 bits per heavy atom. The fourth-order valence-electron chi connectivity index (χ4n) is 4.21. The number of benzene rings is 1. The lowest BCUT2D eigenvalue weighted by Crippen LogP contribution is -2.35. The lowest BCUT2D eigenvalue weighted by Gasteiger charge is -2.20. The highest BCUT2D eigenvalue weighted by Crippen LogP contribution is 2.27. The summed E-state index contributed by atoms with van der Waals surface area (Å²) in [7, 11) is 1.65. The maximum Gasteiger partial charge on any atom is 0.253 e. The third-order valence-electron chi connectivity index (χ3n) is 6.02. The number of amides is 1. The first-order chi connectivity index (χ1) is 15.9. The number of nitrogens with one attached hydrogen (secondary N) is 1. The van der Waals surface area contributed by atoms with E-state index in [0.717, 1.165) is 30.4 Å². The van der Waals surface area contributed by atoms with Crippen molar-refractivity contribution >= 4 is 17.5 Å². The highest BCUT2D eigenvalue weighted by molar-refractivity contribution is 6.29. The molecule has 172 valence electrons. The Bertz CT molecular complexity index is 1090. The fraction of sp³-hybridized carbons (Fsp3) is 0.320. The largest absolute Gasteiger partial charge is 0.387 e. The van der Waals surface area contributed by atoms with Crippen molar-refractivity contribution in [2.24, 2.45) is 0 Å². The van der Waals surface area contributed by atoms with E-state index in [-0.39, 0.29) is 24.5 Å². The molecular weight excluding hydrogens is 443 g/mol. The third kappa shape index (κ3) is 5.74. The van der Waals surface area contributed by atoms with Gasteiger partial charge in [-0.2, -0.15) is 4.39 Å². The van der Waals surface area contributed by atoms with Gasteiger partial charge in [0.2, 0.25) is 5.95 Å². The van der Waals surface area contributed by atoms with Crippen LogP contribution in [0.15, 0.2) is 60.9 Å². The van der Waals surface area contributed by atoms with Crippen LogP contribution in [0.4, 0.5) is 4.39 Å². The number of aromatic nitrogens is 2. The second-order valence-electron chi connectivity index (χ2n) is 8.42. The van der Waals surface area contributed by atoms with Crippen molar-refractivity contribution in [3.8, 4) is 0 Å². The van der Waals surface area contributed by atoms with Crippen LogP contribution in [0.5, 0.6) is 0 Å². The number of hydrogen-bond donors (Lipinski definition) is 2. The van der Waals surface area contributed by atoms with Crippen LogP contribution in [0.25, 0.3) is 0 Å². The lowest BCUT2D eigenvalue weighted by molar-refractivity contribution is 0.0783. The number of hydrogen-bond acceptors (Lipinski definition) is 5. The van der Waals surface area contributed by atoms with Crippen LogP contribution in [0.1, 0.15) is 46.0 Å². The molecular formula is C25H26ClFN4O2. The van der Waals surface area contributed by atoms with Gasteiger partial charge in [-0.15, -0.1) is 0 Å². The van der Waals surface area contributed by atoms with E-state index in [1.165, 1.54) is 11.1 Å². The van der Waals surface area contributed by atoms with Gasteiger partial charge in [0.05, 0.1) is 12.6 Å². The number of rotatable bonds is 7. The lowest BCUT2D eigenvalue weighted by atomic mass is 10.0. The summed E-state index contributed by atoms with van der Waals surface area (Å²) in [6, 6.07) is 14.4. The summed E-state index contributed by atoms with van der Waals surface area (Å²) in [5, 5.41) is 14.6. The zero-order chi connectivity index (χ0) is 23.4. The van der Waals surface area contributed by atoms with Crippen LogP contribution < -0.4 is 5.32 Å². The van der Waals surface area contributed by atoms with Crippen molar-refractivity contribution < 1.29 is 14.3 Å². The highest BCUT2D eigenvalue weighted by Gasteiger charge is 2.30. The summed E-state index contributed by atoms with van der Waals surface area (Å²) >= 11 is 5.83. The average Bonchev–Trinajstić information content (AvgIpc) is 3.29. The van der Waals surface area contributed by atoms with Gasteiger partial charge >= 0.3 is 0 Å². The molecule has 1 aromatic carbocycles. The normalized spacial score (nSPS) is 18.8. The van der Waals surface area contributed by atoms with E-state index in [0.29, 0.717) is 16.3 Å². The van der Waals surface area contributed by atoms with E-state index in [9.17, 15) is 14.3 Å². The Morgan fingerprint density at radius 1 is 1.21 bits per heavy atom. The molecule has 2 N–H and O–H groups in total. The summed E-state index contributed by atoms with van der Waals surface area (Å²) in [5.74, 6) is -0.740. The van der Waals surface area contributed by atoms with Crippen molar-refractivity contribution in [2.75, 3.05) is 7.05 Å². The molecule has 1 aliphatic heterocycles. The Hall–Kier alpha value is -2.87. The number of halogens is 2. The number of carbonyl (C=O) groups is 1. The molecule has 2 aromatic heterocycles. The van der Waals surface area contributed by atoms with Gasteiger partial charge in [0.15, 0.2) is 0 Å². The molecule has 0 radical (unpaired) electrons. The zero-order valence-electron chi connectivity index (χ0n) is 18.3. The molecule has 0 spiro atoms. The molecule has 1 amide bonds. The van der Waals surface area contributed by atoms with Gasteiger partial charge in [0.25, 0.3) is 5.91 Å². The second-order valence-corrected chi connectivity index (χ2v) is 8.81. The monoisotopic (exact) mass is 468 g/mol. The van der Waals surface area contributed by atoms with E-state index in [4.69, 9.17) is 11.6 Å². The topological polar surface area (TPSA) is 78.4 Å². The smallest absolute Gasteiger partial charge is 0.253 e. The molecule has 3 atom stereocenters. The minimum absolute atomic E-state index is 0.0413. The number of pyridine rings is 2. The average molecular weight is 469 g/mol. The van der Waals surface area contributed by atoms with Crippen molar-refractivity contribution in [3.05, 3.63) is 94.3 Å². The summed E-state index contributed by atoms with van der Waals surface area (Å²) in [4.78, 5) is 21.9. The fourth-order valence-corrected chi connectivity index (χ4v) is 4.32. The first-order valence-electron chi connectivity index (χ1n) is 10.9. The molecule has 33 heavy (non-hydrogen) atoms. The van der Waals surface area contributed by atoms with Gasteiger partial charge in [-0.25, -0.2) is 9.97 Å². The first-order valence-corrected chi connectivity index (χ1v) is 11.3. The maximum absolute atomic E-state index is 13.8. The molecule has 0 unspecified atom stereocenters. The predicted molar refractivity (Wildman–Crippen MR) is 124 cm³/mol. The molecule has 1 fully saturated rings.